The number of nitrogens with zero attached hydrogens (tertiary/aromatic N) is 2. The van der Waals surface area contributed by atoms with Crippen molar-refractivity contribution in [3.8, 4) is 0 Å². The quantitative estimate of drug-likeness (QED) is 0.442. The predicted octanol–water partition coefficient (Wildman–Crippen LogP) is 2.53. The first kappa shape index (κ1) is 12.8. The highest BCUT2D eigenvalue weighted by atomic mass is 35.5. The molecule has 0 aromatic rings. The van der Waals surface area contributed by atoms with Gasteiger partial charge >= 0.3 is 7.67 Å². The predicted molar refractivity (Wildman–Crippen MR) is 58.7 cm³/mol. The van der Waals surface area contributed by atoms with Crippen molar-refractivity contribution < 1.29 is 9.09 Å². The molecule has 0 N–H and O–H groups in total. The standard InChI is InChI=1S/C7H15Cl2N2O2P/c1-2-11(9)14(12)10(6-4-8)5-3-7-13-14/h2-7H2,1H3. The van der Waals surface area contributed by atoms with E-state index in [9.17, 15) is 4.57 Å². The first-order valence-corrected chi connectivity index (χ1v) is 7.05. The average Bonchev–Trinajstić information content (AvgIpc) is 2.20. The number of halogens is 2. The Balaban J connectivity index is 2.74. The summed E-state index contributed by atoms with van der Waals surface area (Å²) in [6.45, 7) is 4.09. The summed E-state index contributed by atoms with van der Waals surface area (Å²) < 4.78 is 20.6. The molecule has 1 aliphatic rings. The SMILES string of the molecule is CCN(Cl)P1(=O)OCCCN1CCCl. The van der Waals surface area contributed by atoms with Crippen LogP contribution in [0.5, 0.6) is 0 Å². The first-order chi connectivity index (χ1) is 6.65. The minimum atomic E-state index is -2.98. The molecule has 84 valence electrons. The Hall–Kier alpha value is 0.690. The Morgan fingerprint density at radius 3 is 2.93 bits per heavy atom. The third kappa shape index (κ3) is 2.63. The second kappa shape index (κ2) is 5.69. The normalized spacial score (nSPS) is 29.7. The molecule has 0 radical (unpaired) electrons. The van der Waals surface area contributed by atoms with Gasteiger partial charge in [0.2, 0.25) is 0 Å². The van der Waals surface area contributed by atoms with Crippen molar-refractivity contribution >= 4 is 31.0 Å². The van der Waals surface area contributed by atoms with Gasteiger partial charge in [0, 0.05) is 25.5 Å². The zero-order valence-electron chi connectivity index (χ0n) is 8.16. The van der Waals surface area contributed by atoms with E-state index in [2.05, 4.69) is 0 Å². The Labute approximate surface area is 94.8 Å². The minimum absolute atomic E-state index is 0.432. The van der Waals surface area contributed by atoms with E-state index in [1.807, 2.05) is 6.92 Å². The van der Waals surface area contributed by atoms with E-state index in [1.54, 1.807) is 4.67 Å². The largest absolute Gasteiger partial charge is 0.359 e. The van der Waals surface area contributed by atoms with Gasteiger partial charge in [0.15, 0.2) is 0 Å². The zero-order chi connectivity index (χ0) is 10.6. The van der Waals surface area contributed by atoms with Crippen LogP contribution < -0.4 is 0 Å². The van der Waals surface area contributed by atoms with Crippen LogP contribution in [0.3, 0.4) is 0 Å². The fraction of sp³-hybridized carbons (Fsp3) is 1.00. The number of hydrogen-bond donors (Lipinski definition) is 0. The lowest BCUT2D eigenvalue weighted by atomic mass is 10.4. The Kier molecular flexibility index (Phi) is 5.18. The number of alkyl halides is 1. The molecule has 1 fully saturated rings. The van der Waals surface area contributed by atoms with E-state index < -0.39 is 7.67 Å². The highest BCUT2D eigenvalue weighted by Crippen LogP contribution is 2.57. The Morgan fingerprint density at radius 2 is 2.36 bits per heavy atom. The topological polar surface area (TPSA) is 32.8 Å². The van der Waals surface area contributed by atoms with Gasteiger partial charge in [0.1, 0.15) is 0 Å². The second-order valence-electron chi connectivity index (χ2n) is 2.97. The van der Waals surface area contributed by atoms with Gasteiger partial charge in [-0.05, 0) is 18.2 Å². The molecule has 0 amide bonds. The van der Waals surface area contributed by atoms with Crippen LogP contribution in [0.25, 0.3) is 0 Å². The maximum Gasteiger partial charge on any atom is 0.359 e. The van der Waals surface area contributed by atoms with Crippen molar-refractivity contribution in [2.75, 3.05) is 32.1 Å². The fourth-order valence-corrected chi connectivity index (χ4v) is 4.13. The van der Waals surface area contributed by atoms with Crippen LogP contribution in [0.2, 0.25) is 0 Å². The summed E-state index contributed by atoms with van der Waals surface area (Å²) >= 11 is 11.5. The Morgan fingerprint density at radius 1 is 1.64 bits per heavy atom. The summed E-state index contributed by atoms with van der Waals surface area (Å²) in [4.78, 5) is 0. The van der Waals surface area contributed by atoms with Crippen molar-refractivity contribution in [3.63, 3.8) is 0 Å². The molecule has 1 atom stereocenters. The summed E-state index contributed by atoms with van der Waals surface area (Å²) in [5, 5.41) is 0. The monoisotopic (exact) mass is 260 g/mol. The van der Waals surface area contributed by atoms with Gasteiger partial charge in [-0.2, -0.15) is 0 Å². The number of hydrogen-bond acceptors (Lipinski definition) is 2. The molecule has 0 aromatic heterocycles. The summed E-state index contributed by atoms with van der Waals surface area (Å²) in [5.41, 5.74) is 0. The molecule has 1 saturated heterocycles. The van der Waals surface area contributed by atoms with Crippen molar-refractivity contribution in [1.29, 1.82) is 0 Å². The molecule has 0 bridgehead atoms. The highest BCUT2D eigenvalue weighted by Gasteiger charge is 2.39. The second-order valence-corrected chi connectivity index (χ2v) is 6.28. The molecule has 1 heterocycles. The molecule has 0 aromatic carbocycles. The van der Waals surface area contributed by atoms with Gasteiger partial charge in [-0.1, -0.05) is 6.92 Å². The van der Waals surface area contributed by atoms with Gasteiger partial charge in [0.05, 0.1) is 6.61 Å². The van der Waals surface area contributed by atoms with E-state index in [-0.39, 0.29) is 0 Å². The van der Waals surface area contributed by atoms with Gasteiger partial charge in [-0.15, -0.1) is 15.8 Å². The van der Waals surface area contributed by atoms with Crippen LogP contribution in [0, 0.1) is 0 Å². The summed E-state index contributed by atoms with van der Waals surface area (Å²) in [6, 6.07) is 0. The average molecular weight is 261 g/mol. The van der Waals surface area contributed by atoms with Crippen LogP contribution in [0.4, 0.5) is 0 Å². The first-order valence-electron chi connectivity index (χ1n) is 4.65. The van der Waals surface area contributed by atoms with Crippen LogP contribution in [0.1, 0.15) is 13.3 Å². The molecule has 4 nitrogen and oxygen atoms in total. The molecule has 7 heteroatoms. The summed E-state index contributed by atoms with van der Waals surface area (Å²) in [5.74, 6) is 0.432. The lowest BCUT2D eigenvalue weighted by molar-refractivity contribution is 0.189. The highest BCUT2D eigenvalue weighted by molar-refractivity contribution is 7.55. The van der Waals surface area contributed by atoms with E-state index in [0.29, 0.717) is 25.6 Å². The van der Waals surface area contributed by atoms with Crippen LogP contribution in [0.15, 0.2) is 0 Å². The Bertz CT molecular complexity index is 228. The van der Waals surface area contributed by atoms with E-state index in [0.717, 1.165) is 13.0 Å². The van der Waals surface area contributed by atoms with E-state index in [4.69, 9.17) is 27.9 Å². The van der Waals surface area contributed by atoms with Gasteiger partial charge in [-0.25, -0.2) is 4.67 Å². The molecular formula is C7H15Cl2N2O2P. The zero-order valence-corrected chi connectivity index (χ0v) is 10.6. The summed E-state index contributed by atoms with van der Waals surface area (Å²) in [6.07, 6.45) is 0.870. The van der Waals surface area contributed by atoms with Crippen molar-refractivity contribution in [1.82, 2.24) is 8.86 Å². The third-order valence-corrected chi connectivity index (χ3v) is 5.50. The van der Waals surface area contributed by atoms with Gasteiger partial charge in [-0.3, -0.25) is 4.57 Å². The van der Waals surface area contributed by atoms with Crippen LogP contribution in [-0.4, -0.2) is 41.0 Å². The molecule has 0 saturated carbocycles. The van der Waals surface area contributed by atoms with Gasteiger partial charge in [0.25, 0.3) is 0 Å². The third-order valence-electron chi connectivity index (χ3n) is 2.06. The van der Waals surface area contributed by atoms with E-state index in [1.165, 1.54) is 4.19 Å². The molecular weight excluding hydrogens is 246 g/mol. The number of rotatable bonds is 4. The molecule has 1 unspecified atom stereocenters. The molecule has 0 aliphatic carbocycles. The molecule has 0 spiro atoms. The maximum atomic E-state index is 12.3. The molecule has 1 aliphatic heterocycles. The minimum Gasteiger partial charge on any atom is -0.305 e. The van der Waals surface area contributed by atoms with Crippen molar-refractivity contribution in [3.05, 3.63) is 0 Å². The van der Waals surface area contributed by atoms with Crippen LogP contribution in [-0.2, 0) is 9.09 Å². The van der Waals surface area contributed by atoms with Crippen molar-refractivity contribution in [2.45, 2.75) is 13.3 Å². The maximum absolute atomic E-state index is 12.3. The lowest BCUT2D eigenvalue weighted by Gasteiger charge is -2.37. The summed E-state index contributed by atoms with van der Waals surface area (Å²) in [7, 11) is -2.98. The smallest absolute Gasteiger partial charge is 0.305 e. The fourth-order valence-electron chi connectivity index (χ4n) is 1.35. The van der Waals surface area contributed by atoms with Gasteiger partial charge < -0.3 is 4.52 Å². The molecule has 1 rings (SSSR count). The lowest BCUT2D eigenvalue weighted by Crippen LogP contribution is -2.35. The van der Waals surface area contributed by atoms with Crippen LogP contribution >= 0.6 is 31.0 Å². The molecule has 14 heavy (non-hydrogen) atoms. The van der Waals surface area contributed by atoms with E-state index >= 15 is 0 Å². The van der Waals surface area contributed by atoms with Crippen molar-refractivity contribution in [2.24, 2.45) is 0 Å².